The average Bonchev–Trinajstić information content (AvgIpc) is 2.84. The summed E-state index contributed by atoms with van der Waals surface area (Å²) >= 11 is 1.59. The van der Waals surface area contributed by atoms with Crippen molar-refractivity contribution in [1.82, 2.24) is 4.72 Å². The van der Waals surface area contributed by atoms with Gasteiger partial charge < -0.3 is 10.8 Å². The Labute approximate surface area is 121 Å². The third kappa shape index (κ3) is 3.51. The molecule has 1 fully saturated rings. The van der Waals surface area contributed by atoms with Gasteiger partial charge in [0.25, 0.3) is 0 Å². The van der Waals surface area contributed by atoms with Crippen LogP contribution in [0.5, 0.6) is 0 Å². The second-order valence-corrected chi connectivity index (χ2v) is 7.62. The van der Waals surface area contributed by atoms with Crippen LogP contribution in [0.2, 0.25) is 0 Å². The summed E-state index contributed by atoms with van der Waals surface area (Å²) in [4.78, 5) is 11.0. The molecule has 1 saturated heterocycles. The first-order valence-corrected chi connectivity index (χ1v) is 8.66. The van der Waals surface area contributed by atoms with E-state index in [9.17, 15) is 18.3 Å². The van der Waals surface area contributed by atoms with E-state index in [-0.39, 0.29) is 17.0 Å². The molecule has 0 saturated carbocycles. The molecule has 0 spiro atoms. The highest BCUT2D eigenvalue weighted by Crippen LogP contribution is 2.27. The normalized spacial score (nSPS) is 22.9. The molecule has 1 amide bonds. The third-order valence-corrected chi connectivity index (χ3v) is 5.74. The zero-order valence-corrected chi connectivity index (χ0v) is 12.3. The Balaban J connectivity index is 2.14. The summed E-state index contributed by atoms with van der Waals surface area (Å²) in [5.41, 5.74) is 4.25. The van der Waals surface area contributed by atoms with Crippen LogP contribution in [-0.4, -0.2) is 43.1 Å². The highest BCUT2D eigenvalue weighted by atomic mass is 32.2. The first-order valence-electron chi connectivity index (χ1n) is 6.02. The minimum absolute atomic E-state index is 0.0386. The number of carbonyl (C=O) groups is 1. The number of primary amides is 1. The highest BCUT2D eigenvalue weighted by molar-refractivity contribution is 7.99. The van der Waals surface area contributed by atoms with Crippen LogP contribution in [0.1, 0.15) is 16.8 Å². The van der Waals surface area contributed by atoms with Crippen LogP contribution in [0, 0.1) is 0 Å². The molecule has 1 aromatic rings. The summed E-state index contributed by atoms with van der Waals surface area (Å²) in [6.45, 7) is -0.0386. The molecule has 20 heavy (non-hydrogen) atoms. The fourth-order valence-corrected chi connectivity index (χ4v) is 4.33. The molecular formula is C12H16N2O4S2. The van der Waals surface area contributed by atoms with E-state index in [4.69, 9.17) is 5.73 Å². The van der Waals surface area contributed by atoms with E-state index in [1.807, 2.05) is 0 Å². The van der Waals surface area contributed by atoms with Crippen molar-refractivity contribution in [1.29, 1.82) is 0 Å². The lowest BCUT2D eigenvalue weighted by molar-refractivity contribution is 0.0734. The number of amides is 1. The molecule has 0 bridgehead atoms. The van der Waals surface area contributed by atoms with Crippen LogP contribution in [0.25, 0.3) is 0 Å². The molecule has 1 heterocycles. The maximum atomic E-state index is 12.1. The molecule has 1 unspecified atom stereocenters. The maximum Gasteiger partial charge on any atom is 0.248 e. The molecule has 0 radical (unpaired) electrons. The van der Waals surface area contributed by atoms with Gasteiger partial charge in [-0.15, -0.1) is 0 Å². The number of aliphatic hydroxyl groups is 1. The molecule has 1 aliphatic rings. The molecule has 4 N–H and O–H groups in total. The molecule has 1 aliphatic heterocycles. The molecule has 1 aromatic carbocycles. The van der Waals surface area contributed by atoms with Gasteiger partial charge in [-0.25, -0.2) is 13.1 Å². The van der Waals surface area contributed by atoms with Crippen LogP contribution in [-0.2, 0) is 10.0 Å². The Hall–Kier alpha value is -1.09. The van der Waals surface area contributed by atoms with E-state index in [1.54, 1.807) is 11.8 Å². The van der Waals surface area contributed by atoms with Gasteiger partial charge >= 0.3 is 0 Å². The first-order chi connectivity index (χ1) is 9.32. The minimum Gasteiger partial charge on any atom is -0.388 e. The van der Waals surface area contributed by atoms with Gasteiger partial charge in [0.15, 0.2) is 0 Å². The van der Waals surface area contributed by atoms with Crippen LogP contribution in [0.3, 0.4) is 0 Å². The van der Waals surface area contributed by atoms with Crippen molar-refractivity contribution in [3.05, 3.63) is 29.8 Å². The number of hydrogen-bond donors (Lipinski definition) is 3. The second kappa shape index (κ2) is 5.72. The van der Waals surface area contributed by atoms with Crippen LogP contribution in [0.15, 0.2) is 29.2 Å². The predicted octanol–water partition coefficient (Wildman–Crippen LogP) is -0.0682. The fourth-order valence-electron chi connectivity index (χ4n) is 1.87. The van der Waals surface area contributed by atoms with Crippen molar-refractivity contribution in [3.63, 3.8) is 0 Å². The monoisotopic (exact) mass is 316 g/mol. The van der Waals surface area contributed by atoms with E-state index in [0.29, 0.717) is 12.2 Å². The van der Waals surface area contributed by atoms with Crippen molar-refractivity contribution < 1.29 is 18.3 Å². The molecular weight excluding hydrogens is 300 g/mol. The van der Waals surface area contributed by atoms with Crippen LogP contribution < -0.4 is 10.5 Å². The average molecular weight is 316 g/mol. The predicted molar refractivity (Wildman–Crippen MR) is 77.0 cm³/mol. The molecule has 8 heteroatoms. The largest absolute Gasteiger partial charge is 0.388 e. The number of benzene rings is 1. The quantitative estimate of drug-likeness (QED) is 0.704. The standard InChI is InChI=1S/C12H16N2O4S2/c13-11(15)9-2-1-3-10(6-9)20(17,18)14-7-12(16)4-5-19-8-12/h1-3,6,14,16H,4-5,7-8H2,(H2,13,15). The van der Waals surface area contributed by atoms with E-state index in [0.717, 1.165) is 5.75 Å². The number of thioether (sulfide) groups is 1. The van der Waals surface area contributed by atoms with Crippen molar-refractivity contribution in [3.8, 4) is 0 Å². The Morgan fingerprint density at radius 3 is 2.85 bits per heavy atom. The Kier molecular flexibility index (Phi) is 4.38. The zero-order chi connectivity index (χ0) is 14.8. The van der Waals surface area contributed by atoms with Gasteiger partial charge in [-0.05, 0) is 30.4 Å². The summed E-state index contributed by atoms with van der Waals surface area (Å²) in [6, 6.07) is 5.50. The Bertz CT molecular complexity index is 610. The van der Waals surface area contributed by atoms with Gasteiger partial charge in [0.1, 0.15) is 0 Å². The summed E-state index contributed by atoms with van der Waals surface area (Å²) in [5, 5.41) is 10.1. The summed E-state index contributed by atoms with van der Waals surface area (Å²) in [6.07, 6.45) is 0.557. The van der Waals surface area contributed by atoms with Gasteiger partial charge in [-0.3, -0.25) is 4.79 Å². The molecule has 0 aliphatic carbocycles. The van der Waals surface area contributed by atoms with Gasteiger partial charge in [0, 0.05) is 17.9 Å². The zero-order valence-electron chi connectivity index (χ0n) is 10.7. The van der Waals surface area contributed by atoms with E-state index in [2.05, 4.69) is 4.72 Å². The van der Waals surface area contributed by atoms with E-state index < -0.39 is 21.5 Å². The number of rotatable bonds is 5. The summed E-state index contributed by atoms with van der Waals surface area (Å²) < 4.78 is 26.6. The number of hydrogen-bond acceptors (Lipinski definition) is 5. The second-order valence-electron chi connectivity index (χ2n) is 4.74. The molecule has 2 rings (SSSR count). The van der Waals surface area contributed by atoms with Crippen molar-refractivity contribution in [2.24, 2.45) is 5.73 Å². The van der Waals surface area contributed by atoms with Crippen LogP contribution in [0.4, 0.5) is 0 Å². The lowest BCUT2D eigenvalue weighted by atomic mass is 10.1. The topological polar surface area (TPSA) is 109 Å². The molecule has 110 valence electrons. The van der Waals surface area contributed by atoms with E-state index in [1.165, 1.54) is 24.3 Å². The SMILES string of the molecule is NC(=O)c1cccc(S(=O)(=O)NCC2(O)CCSC2)c1. The fraction of sp³-hybridized carbons (Fsp3) is 0.417. The van der Waals surface area contributed by atoms with Crippen molar-refractivity contribution in [2.45, 2.75) is 16.9 Å². The Morgan fingerprint density at radius 1 is 1.50 bits per heavy atom. The van der Waals surface area contributed by atoms with Gasteiger partial charge in [-0.1, -0.05) is 6.07 Å². The number of nitrogens with two attached hydrogens (primary N) is 1. The molecule has 1 atom stereocenters. The summed E-state index contributed by atoms with van der Waals surface area (Å²) in [7, 11) is -3.77. The third-order valence-electron chi connectivity index (χ3n) is 3.10. The van der Waals surface area contributed by atoms with E-state index >= 15 is 0 Å². The smallest absolute Gasteiger partial charge is 0.248 e. The highest BCUT2D eigenvalue weighted by Gasteiger charge is 2.33. The Morgan fingerprint density at radius 2 is 2.25 bits per heavy atom. The van der Waals surface area contributed by atoms with Gasteiger partial charge in [-0.2, -0.15) is 11.8 Å². The maximum absolute atomic E-state index is 12.1. The summed E-state index contributed by atoms with van der Waals surface area (Å²) in [5.74, 6) is 0.638. The van der Waals surface area contributed by atoms with Crippen molar-refractivity contribution in [2.75, 3.05) is 18.1 Å². The molecule has 0 aromatic heterocycles. The lowest BCUT2D eigenvalue weighted by Gasteiger charge is -2.21. The van der Waals surface area contributed by atoms with Gasteiger partial charge in [0.2, 0.25) is 15.9 Å². The minimum atomic E-state index is -3.77. The first kappa shape index (κ1) is 15.3. The number of carbonyl (C=O) groups excluding carboxylic acids is 1. The number of nitrogens with one attached hydrogen (secondary N) is 1. The van der Waals surface area contributed by atoms with Crippen molar-refractivity contribution >= 4 is 27.7 Å². The van der Waals surface area contributed by atoms with Crippen LogP contribution >= 0.6 is 11.8 Å². The number of sulfonamides is 1. The molecule has 6 nitrogen and oxygen atoms in total. The van der Waals surface area contributed by atoms with Gasteiger partial charge in [0.05, 0.1) is 10.5 Å². The lowest BCUT2D eigenvalue weighted by Crippen LogP contribution is -2.42.